The minimum Gasteiger partial charge on any atom is -0.459 e. The second-order valence-electron chi connectivity index (χ2n) is 6.96. The lowest BCUT2D eigenvalue weighted by Crippen LogP contribution is -2.33. The molecule has 0 saturated carbocycles. The topological polar surface area (TPSA) is 189 Å². The Morgan fingerprint density at radius 3 is 2.71 bits per heavy atom. The first-order chi connectivity index (χ1) is 14.5. The highest BCUT2D eigenvalue weighted by molar-refractivity contribution is 7.47. The molecular weight excluding hydrogens is 437 g/mol. The third-order valence-corrected chi connectivity index (χ3v) is 5.36. The van der Waals surface area contributed by atoms with Crippen LogP contribution in [0.2, 0.25) is 0 Å². The van der Waals surface area contributed by atoms with Gasteiger partial charge in [-0.3, -0.25) is 28.2 Å². The molecule has 174 valence electrons. The molecule has 0 aliphatic carbocycles. The van der Waals surface area contributed by atoms with E-state index in [9.17, 15) is 28.6 Å². The number of aryl methyl sites for hydroxylation is 1. The molecule has 4 atom stereocenters. The summed E-state index contributed by atoms with van der Waals surface area (Å²) in [5, 5.41) is 0. The average Bonchev–Trinajstić information content (AvgIpc) is 3.08. The van der Waals surface area contributed by atoms with Gasteiger partial charge in [-0.25, -0.2) is 9.36 Å². The molecule has 31 heavy (non-hydrogen) atoms. The summed E-state index contributed by atoms with van der Waals surface area (Å²) in [7, 11) is -4.42. The van der Waals surface area contributed by atoms with E-state index in [0.717, 1.165) is 4.57 Å². The SMILES string of the molecule is CC(=O)CCC(=O)OC1CC(n2cc(C)c(=O)[nH]c2=O)O[C@@H]1COP(=O)(O)OCCN. The molecule has 14 heteroatoms. The molecule has 2 heterocycles. The van der Waals surface area contributed by atoms with Crippen LogP contribution in [0.25, 0.3) is 0 Å². The van der Waals surface area contributed by atoms with E-state index in [0.29, 0.717) is 0 Å². The van der Waals surface area contributed by atoms with Gasteiger partial charge in [0.1, 0.15) is 24.2 Å². The number of ketones is 1. The maximum atomic E-state index is 12.2. The minimum atomic E-state index is -4.42. The fraction of sp³-hybridized carbons (Fsp3) is 0.647. The predicted molar refractivity (Wildman–Crippen MR) is 105 cm³/mol. The van der Waals surface area contributed by atoms with Crippen LogP contribution >= 0.6 is 7.82 Å². The van der Waals surface area contributed by atoms with Crippen molar-refractivity contribution in [1.82, 2.24) is 9.55 Å². The number of nitrogens with zero attached hydrogens (tertiary/aromatic N) is 1. The number of hydrogen-bond donors (Lipinski definition) is 3. The van der Waals surface area contributed by atoms with Crippen molar-refractivity contribution >= 4 is 19.6 Å². The summed E-state index contributed by atoms with van der Waals surface area (Å²) in [6.45, 7) is 2.14. The molecule has 1 saturated heterocycles. The summed E-state index contributed by atoms with van der Waals surface area (Å²) in [6, 6.07) is 0. The molecule has 2 rings (SSSR count). The number of carbonyl (C=O) groups excluding carboxylic acids is 2. The van der Waals surface area contributed by atoms with E-state index < -0.39 is 50.1 Å². The molecule has 3 unspecified atom stereocenters. The Hall–Kier alpha value is -2.15. The fourth-order valence-corrected chi connectivity index (χ4v) is 3.57. The number of hydrogen-bond acceptors (Lipinski definition) is 10. The molecule has 1 aliphatic rings. The maximum Gasteiger partial charge on any atom is 0.472 e. The van der Waals surface area contributed by atoms with Gasteiger partial charge in [0.15, 0.2) is 0 Å². The molecule has 0 aromatic carbocycles. The monoisotopic (exact) mass is 463 g/mol. The number of aromatic nitrogens is 2. The number of phosphoric acid groups is 1. The van der Waals surface area contributed by atoms with Crippen LogP contribution in [0.3, 0.4) is 0 Å². The van der Waals surface area contributed by atoms with E-state index in [1.165, 1.54) is 20.0 Å². The summed E-state index contributed by atoms with van der Waals surface area (Å²) in [6.07, 6.45) is -1.76. The molecule has 1 aromatic heterocycles. The first-order valence-electron chi connectivity index (χ1n) is 9.50. The number of aromatic amines is 1. The highest BCUT2D eigenvalue weighted by atomic mass is 31.2. The van der Waals surface area contributed by atoms with Crippen molar-refractivity contribution in [3.63, 3.8) is 0 Å². The zero-order valence-corrected chi connectivity index (χ0v) is 18.0. The molecule has 4 N–H and O–H groups in total. The van der Waals surface area contributed by atoms with Crippen LogP contribution in [-0.2, 0) is 32.7 Å². The van der Waals surface area contributed by atoms with Crippen LogP contribution in [0, 0.1) is 6.92 Å². The van der Waals surface area contributed by atoms with Gasteiger partial charge in [0.2, 0.25) is 0 Å². The first-order valence-corrected chi connectivity index (χ1v) is 11.0. The Morgan fingerprint density at radius 1 is 1.35 bits per heavy atom. The van der Waals surface area contributed by atoms with Crippen molar-refractivity contribution < 1.29 is 37.6 Å². The standard InChI is InChI=1S/C17H26N3O10P/c1-10-8-20(17(24)19-16(10)23)14-7-12(30-15(22)4-3-11(2)21)13(29-14)9-28-31(25,26)27-6-5-18/h8,12-14H,3-7,9,18H2,1-2H3,(H,25,26)(H,19,23,24)/t12?,13-,14?/m1/s1. The quantitative estimate of drug-likeness (QED) is 0.283. The average molecular weight is 463 g/mol. The summed E-state index contributed by atoms with van der Waals surface area (Å²) in [5.74, 6) is -0.864. The molecule has 0 amide bonds. The van der Waals surface area contributed by atoms with Gasteiger partial charge in [0, 0.05) is 31.1 Å². The van der Waals surface area contributed by atoms with E-state index >= 15 is 0 Å². The largest absolute Gasteiger partial charge is 0.472 e. The van der Waals surface area contributed by atoms with Crippen LogP contribution in [0.4, 0.5) is 0 Å². The van der Waals surface area contributed by atoms with Gasteiger partial charge in [-0.15, -0.1) is 0 Å². The van der Waals surface area contributed by atoms with Crippen molar-refractivity contribution in [2.75, 3.05) is 19.8 Å². The lowest BCUT2D eigenvalue weighted by atomic mass is 10.1. The van der Waals surface area contributed by atoms with Gasteiger partial charge in [0.25, 0.3) is 5.56 Å². The Bertz CT molecular complexity index is 958. The lowest BCUT2D eigenvalue weighted by molar-refractivity contribution is -0.153. The van der Waals surface area contributed by atoms with Gasteiger partial charge in [-0.1, -0.05) is 0 Å². The Kier molecular flexibility index (Phi) is 8.86. The third kappa shape index (κ3) is 7.49. The Balaban J connectivity index is 2.16. The normalized spacial score (nSPS) is 22.8. The van der Waals surface area contributed by atoms with E-state index in [4.69, 9.17) is 19.7 Å². The van der Waals surface area contributed by atoms with Crippen molar-refractivity contribution in [3.8, 4) is 0 Å². The maximum absolute atomic E-state index is 12.2. The first kappa shape index (κ1) is 25.1. The van der Waals surface area contributed by atoms with Crippen LogP contribution in [0.15, 0.2) is 15.8 Å². The second-order valence-corrected chi connectivity index (χ2v) is 8.41. The van der Waals surface area contributed by atoms with Gasteiger partial charge in [-0.2, -0.15) is 0 Å². The van der Waals surface area contributed by atoms with Crippen molar-refractivity contribution in [1.29, 1.82) is 0 Å². The zero-order chi connectivity index (χ0) is 23.2. The van der Waals surface area contributed by atoms with Crippen molar-refractivity contribution in [2.45, 2.75) is 51.5 Å². The second kappa shape index (κ2) is 10.9. The molecule has 1 fully saturated rings. The van der Waals surface area contributed by atoms with E-state index in [2.05, 4.69) is 9.51 Å². The number of phosphoric ester groups is 1. The van der Waals surface area contributed by atoms with E-state index in [1.807, 2.05) is 0 Å². The highest BCUT2D eigenvalue weighted by Gasteiger charge is 2.41. The number of ether oxygens (including phenoxy) is 2. The number of Topliss-reactive ketones (excluding diaryl/α,β-unsaturated/α-hetero) is 1. The molecule has 1 aromatic rings. The lowest BCUT2D eigenvalue weighted by Gasteiger charge is -2.20. The number of nitrogens with two attached hydrogens (primary N) is 1. The van der Waals surface area contributed by atoms with Gasteiger partial charge < -0.3 is 24.9 Å². The number of H-pyrrole nitrogens is 1. The Morgan fingerprint density at radius 2 is 2.06 bits per heavy atom. The van der Waals surface area contributed by atoms with Gasteiger partial charge in [-0.05, 0) is 13.8 Å². The van der Waals surface area contributed by atoms with Crippen LogP contribution < -0.4 is 17.0 Å². The van der Waals surface area contributed by atoms with Gasteiger partial charge >= 0.3 is 19.5 Å². The number of rotatable bonds is 11. The van der Waals surface area contributed by atoms with Crippen LogP contribution in [0.1, 0.15) is 38.0 Å². The molecule has 0 spiro atoms. The van der Waals surface area contributed by atoms with Gasteiger partial charge in [0.05, 0.1) is 19.6 Å². The van der Waals surface area contributed by atoms with Crippen LogP contribution in [-0.4, -0.2) is 58.2 Å². The van der Waals surface area contributed by atoms with Crippen molar-refractivity contribution in [2.24, 2.45) is 5.73 Å². The van der Waals surface area contributed by atoms with E-state index in [-0.39, 0.29) is 43.8 Å². The smallest absolute Gasteiger partial charge is 0.459 e. The fourth-order valence-electron chi connectivity index (χ4n) is 2.82. The number of esters is 1. The Labute approximate surface area is 177 Å². The zero-order valence-electron chi connectivity index (χ0n) is 17.1. The minimum absolute atomic E-state index is 0.000771. The molecule has 0 bridgehead atoms. The van der Waals surface area contributed by atoms with Crippen molar-refractivity contribution in [3.05, 3.63) is 32.6 Å². The molecule has 0 radical (unpaired) electrons. The predicted octanol–water partition coefficient (Wildman–Crippen LogP) is -0.494. The van der Waals surface area contributed by atoms with Crippen LogP contribution in [0.5, 0.6) is 0 Å². The summed E-state index contributed by atoms with van der Waals surface area (Å²) in [4.78, 5) is 58.7. The summed E-state index contributed by atoms with van der Waals surface area (Å²) in [5.41, 5.74) is 4.20. The van der Waals surface area contributed by atoms with E-state index in [1.54, 1.807) is 0 Å². The third-order valence-electron chi connectivity index (χ3n) is 4.37. The summed E-state index contributed by atoms with van der Waals surface area (Å²) >= 11 is 0. The number of carbonyl (C=O) groups is 2. The highest BCUT2D eigenvalue weighted by Crippen LogP contribution is 2.44. The molecular formula is C17H26N3O10P. The summed E-state index contributed by atoms with van der Waals surface area (Å²) < 4.78 is 33.6. The molecule has 1 aliphatic heterocycles. The molecule has 13 nitrogen and oxygen atoms in total. The number of nitrogens with one attached hydrogen (secondary N) is 1.